The zero-order valence-corrected chi connectivity index (χ0v) is 12.6. The van der Waals surface area contributed by atoms with Crippen LogP contribution in [0.3, 0.4) is 0 Å². The van der Waals surface area contributed by atoms with Crippen LogP contribution < -0.4 is 10.6 Å². The Kier molecular flexibility index (Phi) is 4.39. The summed E-state index contributed by atoms with van der Waals surface area (Å²) >= 11 is 0. The molecule has 1 aliphatic rings. The van der Waals surface area contributed by atoms with Crippen LogP contribution in [0, 0.1) is 6.92 Å². The van der Waals surface area contributed by atoms with E-state index in [1.807, 2.05) is 43.3 Å². The van der Waals surface area contributed by atoms with Gasteiger partial charge in [-0.2, -0.15) is 5.10 Å². The van der Waals surface area contributed by atoms with E-state index in [1.54, 1.807) is 4.68 Å². The number of rotatable bonds is 4. The maximum absolute atomic E-state index is 12.0. The topological polar surface area (TPSA) is 68.2 Å². The fourth-order valence-corrected chi connectivity index (χ4v) is 2.53. The third-order valence-corrected chi connectivity index (χ3v) is 3.59. The highest BCUT2D eigenvalue weighted by atomic mass is 16.5. The maximum atomic E-state index is 12.0. The Hall–Kier alpha value is -2.34. The van der Waals surface area contributed by atoms with Crippen LogP contribution in [-0.2, 0) is 4.74 Å². The number of ether oxygens (including phenoxy) is 1. The highest BCUT2D eigenvalue weighted by Gasteiger charge is 2.17. The van der Waals surface area contributed by atoms with Gasteiger partial charge in [-0.3, -0.25) is 5.32 Å². The summed E-state index contributed by atoms with van der Waals surface area (Å²) in [6, 6.07) is 11.3. The van der Waals surface area contributed by atoms with E-state index in [0.29, 0.717) is 12.4 Å². The van der Waals surface area contributed by atoms with E-state index < -0.39 is 0 Å². The smallest absolute Gasteiger partial charge is 0.320 e. The van der Waals surface area contributed by atoms with Crippen LogP contribution in [0.2, 0.25) is 0 Å². The molecule has 1 saturated heterocycles. The average Bonchev–Trinajstić information content (AvgIpc) is 3.16. The summed E-state index contributed by atoms with van der Waals surface area (Å²) in [5.41, 5.74) is 1.75. The first-order chi connectivity index (χ1) is 10.7. The number of urea groups is 1. The first-order valence-corrected chi connectivity index (χ1v) is 7.51. The molecular formula is C16H20N4O2. The number of hydrogen-bond donors (Lipinski definition) is 2. The molecule has 0 radical (unpaired) electrons. The second-order valence-electron chi connectivity index (χ2n) is 5.39. The standard InChI is InChI=1S/C16H20N4O2/c1-12-10-15(20(19-12)13-6-3-2-4-7-13)18-16(21)17-11-14-8-5-9-22-14/h2-4,6-7,10,14H,5,8-9,11H2,1H3,(H2,17,18,21)/t14-/m1/s1. The molecule has 3 rings (SSSR count). The van der Waals surface area contributed by atoms with E-state index in [0.717, 1.165) is 30.8 Å². The second kappa shape index (κ2) is 6.62. The van der Waals surface area contributed by atoms with Crippen molar-refractivity contribution in [1.29, 1.82) is 0 Å². The van der Waals surface area contributed by atoms with E-state index in [1.165, 1.54) is 0 Å². The Morgan fingerprint density at radius 3 is 2.95 bits per heavy atom. The van der Waals surface area contributed by atoms with Gasteiger partial charge in [0.25, 0.3) is 0 Å². The molecule has 116 valence electrons. The molecule has 0 saturated carbocycles. The molecule has 0 unspecified atom stereocenters. The van der Waals surface area contributed by atoms with Gasteiger partial charge in [-0.05, 0) is 31.9 Å². The minimum atomic E-state index is -0.243. The molecular weight excluding hydrogens is 280 g/mol. The van der Waals surface area contributed by atoms with Crippen molar-refractivity contribution >= 4 is 11.8 Å². The van der Waals surface area contributed by atoms with Crippen molar-refractivity contribution in [1.82, 2.24) is 15.1 Å². The van der Waals surface area contributed by atoms with Crippen LogP contribution in [-0.4, -0.2) is 35.1 Å². The molecule has 1 aromatic carbocycles. The van der Waals surface area contributed by atoms with Gasteiger partial charge in [-0.1, -0.05) is 18.2 Å². The molecule has 2 aromatic rings. The third-order valence-electron chi connectivity index (χ3n) is 3.59. The van der Waals surface area contributed by atoms with Gasteiger partial charge in [0.1, 0.15) is 5.82 Å². The molecule has 2 amide bonds. The fourth-order valence-electron chi connectivity index (χ4n) is 2.53. The van der Waals surface area contributed by atoms with Crippen molar-refractivity contribution in [3.05, 3.63) is 42.1 Å². The molecule has 1 fully saturated rings. The van der Waals surface area contributed by atoms with Gasteiger partial charge >= 0.3 is 6.03 Å². The van der Waals surface area contributed by atoms with Gasteiger partial charge in [-0.25, -0.2) is 9.48 Å². The zero-order chi connectivity index (χ0) is 15.4. The predicted octanol–water partition coefficient (Wildman–Crippen LogP) is 2.48. The Morgan fingerprint density at radius 1 is 1.41 bits per heavy atom. The number of benzene rings is 1. The van der Waals surface area contributed by atoms with Crippen molar-refractivity contribution in [3.8, 4) is 5.69 Å². The first-order valence-electron chi connectivity index (χ1n) is 7.51. The summed E-state index contributed by atoms with van der Waals surface area (Å²) in [7, 11) is 0. The van der Waals surface area contributed by atoms with Crippen molar-refractivity contribution < 1.29 is 9.53 Å². The van der Waals surface area contributed by atoms with Crippen LogP contribution in [0.1, 0.15) is 18.5 Å². The lowest BCUT2D eigenvalue weighted by Crippen LogP contribution is -2.35. The number of carbonyl (C=O) groups is 1. The fraction of sp³-hybridized carbons (Fsp3) is 0.375. The molecule has 2 N–H and O–H groups in total. The van der Waals surface area contributed by atoms with Gasteiger partial charge in [0.05, 0.1) is 17.5 Å². The Bertz CT molecular complexity index is 633. The number of amides is 2. The van der Waals surface area contributed by atoms with Crippen molar-refractivity contribution in [2.45, 2.75) is 25.9 Å². The lowest BCUT2D eigenvalue weighted by atomic mass is 10.2. The van der Waals surface area contributed by atoms with Crippen LogP contribution >= 0.6 is 0 Å². The summed E-state index contributed by atoms with van der Waals surface area (Å²) in [6.07, 6.45) is 2.20. The van der Waals surface area contributed by atoms with Crippen LogP contribution in [0.5, 0.6) is 0 Å². The van der Waals surface area contributed by atoms with Gasteiger partial charge in [0.15, 0.2) is 0 Å². The monoisotopic (exact) mass is 300 g/mol. The molecule has 6 nitrogen and oxygen atoms in total. The molecule has 1 aromatic heterocycles. The molecule has 1 atom stereocenters. The largest absolute Gasteiger partial charge is 0.376 e. The summed E-state index contributed by atoms with van der Waals surface area (Å²) in [6.45, 7) is 3.22. The minimum absolute atomic E-state index is 0.131. The van der Waals surface area contributed by atoms with Crippen molar-refractivity contribution in [2.24, 2.45) is 0 Å². The molecule has 0 spiro atoms. The summed E-state index contributed by atoms with van der Waals surface area (Å²) in [4.78, 5) is 12.0. The Labute approximate surface area is 129 Å². The lowest BCUT2D eigenvalue weighted by molar-refractivity contribution is 0.112. The van der Waals surface area contributed by atoms with Gasteiger partial charge in [0, 0.05) is 19.2 Å². The SMILES string of the molecule is Cc1cc(NC(=O)NC[C@H]2CCCO2)n(-c2ccccc2)n1. The average molecular weight is 300 g/mol. The quantitative estimate of drug-likeness (QED) is 0.911. The molecule has 0 bridgehead atoms. The molecule has 1 aliphatic heterocycles. The lowest BCUT2D eigenvalue weighted by Gasteiger charge is -2.12. The van der Waals surface area contributed by atoms with Gasteiger partial charge in [0.2, 0.25) is 0 Å². The van der Waals surface area contributed by atoms with E-state index in [9.17, 15) is 4.79 Å². The van der Waals surface area contributed by atoms with E-state index in [4.69, 9.17) is 4.74 Å². The highest BCUT2D eigenvalue weighted by Crippen LogP contribution is 2.17. The summed E-state index contributed by atoms with van der Waals surface area (Å²) in [5.74, 6) is 0.647. The number of para-hydroxylation sites is 1. The van der Waals surface area contributed by atoms with E-state index in [2.05, 4.69) is 15.7 Å². The van der Waals surface area contributed by atoms with Crippen LogP contribution in [0.4, 0.5) is 10.6 Å². The molecule has 22 heavy (non-hydrogen) atoms. The maximum Gasteiger partial charge on any atom is 0.320 e. The number of nitrogens with one attached hydrogen (secondary N) is 2. The normalized spacial score (nSPS) is 17.4. The molecule has 6 heteroatoms. The van der Waals surface area contributed by atoms with Gasteiger partial charge in [-0.15, -0.1) is 0 Å². The number of carbonyl (C=O) groups excluding carboxylic acids is 1. The van der Waals surface area contributed by atoms with Crippen molar-refractivity contribution in [3.63, 3.8) is 0 Å². The van der Waals surface area contributed by atoms with E-state index in [-0.39, 0.29) is 12.1 Å². The third kappa shape index (κ3) is 3.46. The number of hydrogen-bond acceptors (Lipinski definition) is 3. The van der Waals surface area contributed by atoms with Crippen LogP contribution in [0.15, 0.2) is 36.4 Å². The predicted molar refractivity (Wildman–Crippen MR) is 84.3 cm³/mol. The summed E-state index contributed by atoms with van der Waals surface area (Å²) in [5, 5.41) is 10.1. The number of aromatic nitrogens is 2. The molecule has 2 heterocycles. The van der Waals surface area contributed by atoms with Crippen molar-refractivity contribution in [2.75, 3.05) is 18.5 Å². The molecule has 0 aliphatic carbocycles. The van der Waals surface area contributed by atoms with E-state index >= 15 is 0 Å². The Morgan fingerprint density at radius 2 is 2.23 bits per heavy atom. The number of aryl methyl sites for hydroxylation is 1. The van der Waals surface area contributed by atoms with Crippen LogP contribution in [0.25, 0.3) is 5.69 Å². The first kappa shape index (κ1) is 14.6. The zero-order valence-electron chi connectivity index (χ0n) is 12.6. The number of anilines is 1. The Balaban J connectivity index is 1.65. The van der Waals surface area contributed by atoms with Gasteiger partial charge < -0.3 is 10.1 Å². The minimum Gasteiger partial charge on any atom is -0.376 e. The second-order valence-corrected chi connectivity index (χ2v) is 5.39. The highest BCUT2D eigenvalue weighted by molar-refractivity contribution is 5.88. The number of nitrogens with zero attached hydrogens (tertiary/aromatic N) is 2. The summed E-state index contributed by atoms with van der Waals surface area (Å²) < 4.78 is 7.21.